The van der Waals surface area contributed by atoms with Gasteiger partial charge in [0.25, 0.3) is 0 Å². The summed E-state index contributed by atoms with van der Waals surface area (Å²) in [5, 5.41) is 11.8. The molecule has 4 heteroatoms. The van der Waals surface area contributed by atoms with Crippen LogP contribution in [0, 0.1) is 17.8 Å². The molecule has 0 aromatic carbocycles. The van der Waals surface area contributed by atoms with Crippen LogP contribution in [0.15, 0.2) is 0 Å². The summed E-state index contributed by atoms with van der Waals surface area (Å²) in [7, 11) is 0. The van der Waals surface area contributed by atoms with Crippen molar-refractivity contribution >= 4 is 11.9 Å². The molecular weight excluding hydrogens is 206 g/mol. The van der Waals surface area contributed by atoms with Crippen LogP contribution in [-0.4, -0.2) is 23.0 Å². The smallest absolute Gasteiger partial charge is 0.306 e. The van der Waals surface area contributed by atoms with E-state index in [1.165, 1.54) is 0 Å². The van der Waals surface area contributed by atoms with Crippen LogP contribution in [0.4, 0.5) is 0 Å². The number of carboxylic acids is 1. The number of carbonyl (C=O) groups is 2. The van der Waals surface area contributed by atoms with E-state index < -0.39 is 5.97 Å². The van der Waals surface area contributed by atoms with Crippen molar-refractivity contribution in [2.45, 2.75) is 46.1 Å². The van der Waals surface area contributed by atoms with Gasteiger partial charge in [-0.1, -0.05) is 20.8 Å². The molecule has 2 N–H and O–H groups in total. The van der Waals surface area contributed by atoms with Gasteiger partial charge >= 0.3 is 5.97 Å². The molecule has 1 unspecified atom stereocenters. The predicted octanol–water partition coefficient (Wildman–Crippen LogP) is 1.65. The van der Waals surface area contributed by atoms with E-state index in [-0.39, 0.29) is 23.8 Å². The second-order valence-electron chi connectivity index (χ2n) is 5.09. The van der Waals surface area contributed by atoms with Gasteiger partial charge in [0.05, 0.1) is 5.92 Å². The minimum Gasteiger partial charge on any atom is -0.481 e. The van der Waals surface area contributed by atoms with Gasteiger partial charge in [0.15, 0.2) is 0 Å². The van der Waals surface area contributed by atoms with Crippen LogP contribution in [0.5, 0.6) is 0 Å². The molecule has 0 saturated heterocycles. The molecule has 0 aromatic rings. The Morgan fingerprint density at radius 1 is 1.25 bits per heavy atom. The van der Waals surface area contributed by atoms with Gasteiger partial charge in [0.2, 0.25) is 5.91 Å². The van der Waals surface area contributed by atoms with E-state index in [1.54, 1.807) is 0 Å². The van der Waals surface area contributed by atoms with E-state index in [0.29, 0.717) is 18.8 Å². The molecule has 1 rings (SSSR count). The lowest BCUT2D eigenvalue weighted by Crippen LogP contribution is -2.38. The SMILES string of the molecule is CC(C)C(C)C(=O)N[C@H]1CC[C@@H](C(=O)O)C1. The molecule has 0 heterocycles. The van der Waals surface area contributed by atoms with Crippen molar-refractivity contribution < 1.29 is 14.7 Å². The molecule has 0 radical (unpaired) electrons. The highest BCUT2D eigenvalue weighted by molar-refractivity contribution is 5.79. The number of carbonyl (C=O) groups excluding carboxylic acids is 1. The Hall–Kier alpha value is -1.06. The number of rotatable bonds is 4. The number of amides is 1. The summed E-state index contributed by atoms with van der Waals surface area (Å²) < 4.78 is 0. The molecule has 1 saturated carbocycles. The fraction of sp³-hybridized carbons (Fsp3) is 0.833. The fourth-order valence-electron chi connectivity index (χ4n) is 1.97. The normalized spacial score (nSPS) is 26.8. The predicted molar refractivity (Wildman–Crippen MR) is 60.9 cm³/mol. The molecule has 0 bridgehead atoms. The Labute approximate surface area is 96.4 Å². The van der Waals surface area contributed by atoms with Crippen LogP contribution in [0.1, 0.15) is 40.0 Å². The van der Waals surface area contributed by atoms with Crippen LogP contribution in [0.3, 0.4) is 0 Å². The van der Waals surface area contributed by atoms with Gasteiger partial charge in [-0.2, -0.15) is 0 Å². The molecule has 1 aliphatic rings. The summed E-state index contributed by atoms with van der Waals surface area (Å²) in [6.07, 6.45) is 2.04. The molecule has 0 aromatic heterocycles. The zero-order chi connectivity index (χ0) is 12.3. The first-order valence-corrected chi connectivity index (χ1v) is 5.95. The van der Waals surface area contributed by atoms with Crippen molar-refractivity contribution in [3.63, 3.8) is 0 Å². The first-order chi connectivity index (χ1) is 7.41. The zero-order valence-corrected chi connectivity index (χ0v) is 10.2. The van der Waals surface area contributed by atoms with Crippen molar-refractivity contribution in [2.24, 2.45) is 17.8 Å². The average molecular weight is 227 g/mol. The van der Waals surface area contributed by atoms with Crippen molar-refractivity contribution in [2.75, 3.05) is 0 Å². The Bertz CT molecular complexity index is 275. The summed E-state index contributed by atoms with van der Waals surface area (Å²) in [6, 6.07) is 0.0507. The van der Waals surface area contributed by atoms with E-state index in [1.807, 2.05) is 20.8 Å². The Morgan fingerprint density at radius 3 is 2.31 bits per heavy atom. The van der Waals surface area contributed by atoms with Crippen molar-refractivity contribution in [3.05, 3.63) is 0 Å². The maximum Gasteiger partial charge on any atom is 0.306 e. The lowest BCUT2D eigenvalue weighted by Gasteiger charge is -2.19. The average Bonchev–Trinajstić information content (AvgIpc) is 2.64. The third-order valence-electron chi connectivity index (χ3n) is 3.54. The molecule has 1 fully saturated rings. The van der Waals surface area contributed by atoms with Crippen molar-refractivity contribution in [1.29, 1.82) is 0 Å². The van der Waals surface area contributed by atoms with Crippen LogP contribution >= 0.6 is 0 Å². The third kappa shape index (κ3) is 3.22. The number of hydrogen-bond acceptors (Lipinski definition) is 2. The maximum absolute atomic E-state index is 11.8. The van der Waals surface area contributed by atoms with Gasteiger partial charge in [-0.15, -0.1) is 0 Å². The quantitative estimate of drug-likeness (QED) is 0.767. The second kappa shape index (κ2) is 5.32. The summed E-state index contributed by atoms with van der Waals surface area (Å²) >= 11 is 0. The first-order valence-electron chi connectivity index (χ1n) is 5.95. The van der Waals surface area contributed by atoms with E-state index in [2.05, 4.69) is 5.32 Å². The van der Waals surface area contributed by atoms with Gasteiger partial charge in [-0.3, -0.25) is 9.59 Å². The molecule has 1 aliphatic carbocycles. The molecule has 1 amide bonds. The summed E-state index contributed by atoms with van der Waals surface area (Å²) in [5.41, 5.74) is 0. The molecule has 0 aliphatic heterocycles. The van der Waals surface area contributed by atoms with E-state index in [9.17, 15) is 9.59 Å². The van der Waals surface area contributed by atoms with Crippen LogP contribution in [-0.2, 0) is 9.59 Å². The van der Waals surface area contributed by atoms with Gasteiger partial charge in [-0.25, -0.2) is 0 Å². The largest absolute Gasteiger partial charge is 0.481 e. The van der Waals surface area contributed by atoms with Gasteiger partial charge in [-0.05, 0) is 25.2 Å². The maximum atomic E-state index is 11.8. The first kappa shape index (κ1) is 13.0. The monoisotopic (exact) mass is 227 g/mol. The van der Waals surface area contributed by atoms with Crippen molar-refractivity contribution in [1.82, 2.24) is 5.32 Å². The number of nitrogens with one attached hydrogen (secondary N) is 1. The lowest BCUT2D eigenvalue weighted by atomic mass is 9.97. The van der Waals surface area contributed by atoms with Crippen LogP contribution in [0.2, 0.25) is 0 Å². The Kier molecular flexibility index (Phi) is 4.33. The van der Waals surface area contributed by atoms with Crippen molar-refractivity contribution in [3.8, 4) is 0 Å². The summed E-state index contributed by atoms with van der Waals surface area (Å²) in [5.74, 6) is -0.667. The fourth-order valence-corrected chi connectivity index (χ4v) is 1.97. The van der Waals surface area contributed by atoms with Crippen LogP contribution < -0.4 is 5.32 Å². The van der Waals surface area contributed by atoms with Gasteiger partial charge < -0.3 is 10.4 Å². The minimum atomic E-state index is -0.742. The number of aliphatic carboxylic acids is 1. The molecule has 16 heavy (non-hydrogen) atoms. The van der Waals surface area contributed by atoms with Gasteiger partial charge in [0.1, 0.15) is 0 Å². The Balaban J connectivity index is 2.40. The zero-order valence-electron chi connectivity index (χ0n) is 10.2. The Morgan fingerprint density at radius 2 is 1.88 bits per heavy atom. The number of carboxylic acid groups (broad SMARTS) is 1. The standard InChI is InChI=1S/C12H21NO3/c1-7(2)8(3)11(14)13-10-5-4-9(6-10)12(15)16/h7-10H,4-6H2,1-3H3,(H,13,14)(H,15,16)/t8?,9-,10+/m1/s1. The topological polar surface area (TPSA) is 66.4 Å². The lowest BCUT2D eigenvalue weighted by molar-refractivity contribution is -0.141. The molecular formula is C12H21NO3. The van der Waals surface area contributed by atoms with E-state index in [4.69, 9.17) is 5.11 Å². The highest BCUT2D eigenvalue weighted by Crippen LogP contribution is 2.26. The number of hydrogen-bond donors (Lipinski definition) is 2. The van der Waals surface area contributed by atoms with E-state index in [0.717, 1.165) is 6.42 Å². The van der Waals surface area contributed by atoms with Crippen LogP contribution in [0.25, 0.3) is 0 Å². The summed E-state index contributed by atoms with van der Waals surface area (Å²) in [6.45, 7) is 5.93. The third-order valence-corrected chi connectivity index (χ3v) is 3.54. The highest BCUT2D eigenvalue weighted by atomic mass is 16.4. The molecule has 92 valence electrons. The molecule has 4 nitrogen and oxygen atoms in total. The van der Waals surface area contributed by atoms with Gasteiger partial charge in [0, 0.05) is 12.0 Å². The second-order valence-corrected chi connectivity index (χ2v) is 5.09. The molecule has 3 atom stereocenters. The minimum absolute atomic E-state index is 0.0103. The van der Waals surface area contributed by atoms with E-state index >= 15 is 0 Å². The summed E-state index contributed by atoms with van der Waals surface area (Å²) in [4.78, 5) is 22.5. The highest BCUT2D eigenvalue weighted by Gasteiger charge is 2.31. The molecule has 0 spiro atoms.